The highest BCUT2D eigenvalue weighted by atomic mass is 31.2. The van der Waals surface area contributed by atoms with Crippen LogP contribution in [0.25, 0.3) is 0 Å². The van der Waals surface area contributed by atoms with Crippen molar-refractivity contribution in [2.24, 2.45) is 0 Å². The van der Waals surface area contributed by atoms with Gasteiger partial charge in [-0.15, -0.1) is 0 Å². The van der Waals surface area contributed by atoms with Crippen LogP contribution in [0.3, 0.4) is 0 Å². The lowest BCUT2D eigenvalue weighted by molar-refractivity contribution is -0.222. The number of carbonyl (C=O) groups excluding carboxylic acids is 2. The molecule has 1 fully saturated rings. The highest BCUT2D eigenvalue weighted by Gasteiger charge is 2.61. The van der Waals surface area contributed by atoms with Gasteiger partial charge in [-0.3, -0.25) is 27.7 Å². The molecule has 0 aromatic heterocycles. The Labute approximate surface area is 176 Å². The van der Waals surface area contributed by atoms with Gasteiger partial charge in [-0.1, -0.05) is 0 Å². The average molecular weight is 556 g/mol. The minimum absolute atomic E-state index is 0.463. The van der Waals surface area contributed by atoms with Crippen LogP contribution in [0.2, 0.25) is 0 Å². The molecule has 6 atom stereocenters. The summed E-state index contributed by atoms with van der Waals surface area (Å²) in [6.45, 7) is -0.926. The number of hydrogen-bond donors (Lipinski definition) is 8. The fourth-order valence-corrected chi connectivity index (χ4v) is 4.90. The van der Waals surface area contributed by atoms with Crippen molar-refractivity contribution in [1.29, 1.82) is 0 Å². The third-order valence-electron chi connectivity index (χ3n) is 3.40. The number of phosphoric ester groups is 4. The Bertz CT molecular complexity index is 778. The first kappa shape index (κ1) is 29.4. The van der Waals surface area contributed by atoms with Crippen molar-refractivity contribution in [2.45, 2.75) is 36.6 Å². The lowest BCUT2D eigenvalue weighted by Crippen LogP contribution is -2.66. The van der Waals surface area contributed by atoms with Gasteiger partial charge < -0.3 is 48.6 Å². The van der Waals surface area contributed by atoms with Gasteiger partial charge in [-0.25, -0.2) is 18.3 Å². The first-order valence-electron chi connectivity index (χ1n) is 7.42. The van der Waals surface area contributed by atoms with E-state index in [2.05, 4.69) is 27.6 Å². The minimum atomic E-state index is -5.77. The second-order valence-corrected chi connectivity index (χ2v) is 10.4. The highest BCUT2D eigenvalue weighted by molar-refractivity contribution is 7.47. The van der Waals surface area contributed by atoms with Crippen molar-refractivity contribution in [1.82, 2.24) is 0 Å². The van der Waals surface area contributed by atoms with Crippen LogP contribution in [0.15, 0.2) is 0 Å². The van der Waals surface area contributed by atoms with Crippen molar-refractivity contribution in [3.05, 3.63) is 0 Å². The summed E-state index contributed by atoms with van der Waals surface area (Å²) in [5, 5.41) is 0. The third-order valence-corrected chi connectivity index (χ3v) is 5.48. The van der Waals surface area contributed by atoms with Gasteiger partial charge in [0.2, 0.25) is 0 Å². The Kier molecular flexibility index (Phi) is 9.88. The molecule has 0 aromatic rings. The van der Waals surface area contributed by atoms with Crippen LogP contribution in [0.4, 0.5) is 0 Å². The molecule has 188 valence electrons. The van der Waals surface area contributed by atoms with Gasteiger partial charge in [0, 0.05) is 0 Å². The van der Waals surface area contributed by atoms with E-state index < -0.39 is 80.9 Å². The van der Waals surface area contributed by atoms with Gasteiger partial charge in [0.05, 0.1) is 0 Å². The monoisotopic (exact) mass is 556 g/mol. The molecular weight excluding hydrogens is 540 g/mol. The fraction of sp³-hybridized carbons (Fsp3) is 0.750. The van der Waals surface area contributed by atoms with Crippen molar-refractivity contribution in [2.75, 3.05) is 0 Å². The molecule has 0 saturated heterocycles. The molecule has 1 rings (SSSR count). The van der Waals surface area contributed by atoms with Crippen molar-refractivity contribution < 1.29 is 94.6 Å². The summed E-state index contributed by atoms with van der Waals surface area (Å²) >= 11 is 0. The zero-order valence-electron chi connectivity index (χ0n) is 14.9. The Balaban J connectivity index is 3.81. The molecule has 0 amide bonds. The van der Waals surface area contributed by atoms with Gasteiger partial charge in [0.15, 0.2) is 12.2 Å². The normalized spacial score (nSPS) is 29.9. The van der Waals surface area contributed by atoms with E-state index in [-0.39, 0.29) is 0 Å². The van der Waals surface area contributed by atoms with Gasteiger partial charge in [0.1, 0.15) is 24.4 Å². The lowest BCUT2D eigenvalue weighted by atomic mass is 9.84. The van der Waals surface area contributed by atoms with Crippen LogP contribution in [-0.4, -0.2) is 88.7 Å². The van der Waals surface area contributed by atoms with Gasteiger partial charge >= 0.3 is 31.3 Å². The van der Waals surface area contributed by atoms with Crippen LogP contribution >= 0.6 is 31.3 Å². The zero-order valence-corrected chi connectivity index (χ0v) is 18.5. The van der Waals surface area contributed by atoms with E-state index in [0.717, 1.165) is 0 Å². The largest absolute Gasteiger partial charge is 0.470 e. The predicted octanol–water partition coefficient (Wildman–Crippen LogP) is -3.01. The van der Waals surface area contributed by atoms with Crippen LogP contribution in [0, 0.1) is 0 Å². The van der Waals surface area contributed by atoms with Crippen molar-refractivity contribution in [3.8, 4) is 0 Å². The first-order chi connectivity index (χ1) is 14.3. The van der Waals surface area contributed by atoms with Crippen LogP contribution < -0.4 is 0 Å². The van der Waals surface area contributed by atoms with Gasteiger partial charge in [-0.05, 0) is 0 Å². The maximum absolute atomic E-state index is 11.4. The van der Waals surface area contributed by atoms with Crippen LogP contribution in [0.5, 0.6) is 0 Å². The second-order valence-electron chi connectivity index (χ2n) is 5.64. The van der Waals surface area contributed by atoms with E-state index in [1.165, 1.54) is 0 Å². The molecule has 0 spiro atoms. The smallest absolute Gasteiger partial charge is 0.458 e. The topological polar surface area (TPSA) is 320 Å². The Morgan fingerprint density at radius 2 is 0.625 bits per heavy atom. The molecule has 1 saturated carbocycles. The number of carbonyl (C=O) groups is 2. The molecule has 24 heteroatoms. The van der Waals surface area contributed by atoms with E-state index >= 15 is 0 Å². The standard InChI is InChI=1S/C8H16O20P4/c9-1-23-3-4(24-2-10)6(26-30(14,15)16)8(28-32(20,21)22)7(27-31(17,18)19)5(3)25-29(11,12)13/h1-8H,(H2,11,12,13)(H2,14,15,16)(H2,17,18,19)(H2,20,21,22). The molecule has 8 N–H and O–H groups in total. The Morgan fingerprint density at radius 1 is 0.438 bits per heavy atom. The van der Waals surface area contributed by atoms with E-state index in [9.17, 15) is 27.8 Å². The fourth-order valence-electron chi connectivity index (χ4n) is 2.67. The number of rotatable bonds is 12. The Morgan fingerprint density at radius 3 is 0.781 bits per heavy atom. The maximum atomic E-state index is 11.4. The van der Waals surface area contributed by atoms with E-state index in [0.29, 0.717) is 0 Å². The minimum Gasteiger partial charge on any atom is -0.458 e. The molecule has 1 aliphatic rings. The summed E-state index contributed by atoms with van der Waals surface area (Å²) in [6.07, 6.45) is -15.6. The molecule has 6 unspecified atom stereocenters. The number of ether oxygens (including phenoxy) is 2. The molecule has 32 heavy (non-hydrogen) atoms. The second kappa shape index (κ2) is 10.8. The Hall–Kier alpha value is -0.620. The predicted molar refractivity (Wildman–Crippen MR) is 89.5 cm³/mol. The molecular formula is C8H16O20P4. The summed E-state index contributed by atoms with van der Waals surface area (Å²) in [7, 11) is -22.9. The summed E-state index contributed by atoms with van der Waals surface area (Å²) in [6, 6.07) is 0. The maximum Gasteiger partial charge on any atom is 0.470 e. The molecule has 0 heterocycles. The molecule has 0 aromatic carbocycles. The number of phosphoric acid groups is 4. The molecule has 0 aliphatic heterocycles. The lowest BCUT2D eigenvalue weighted by Gasteiger charge is -2.47. The van der Waals surface area contributed by atoms with Gasteiger partial charge in [-0.2, -0.15) is 0 Å². The van der Waals surface area contributed by atoms with Crippen LogP contribution in [-0.2, 0) is 55.4 Å². The molecule has 0 bridgehead atoms. The highest BCUT2D eigenvalue weighted by Crippen LogP contribution is 2.53. The average Bonchev–Trinajstić information content (AvgIpc) is 2.53. The molecule has 0 radical (unpaired) electrons. The van der Waals surface area contributed by atoms with E-state index in [1.54, 1.807) is 0 Å². The summed E-state index contributed by atoms with van der Waals surface area (Å²) in [4.78, 5) is 94.5. The van der Waals surface area contributed by atoms with E-state index in [1.807, 2.05) is 0 Å². The third kappa shape index (κ3) is 9.70. The summed E-state index contributed by atoms with van der Waals surface area (Å²) in [5.41, 5.74) is 0. The SMILES string of the molecule is O=COC1C(OC=O)C(OP(=O)(O)O)C(OP(=O)(O)O)C(OP(=O)(O)O)C1OP(=O)(O)O. The van der Waals surface area contributed by atoms with Crippen LogP contribution in [0.1, 0.15) is 0 Å². The van der Waals surface area contributed by atoms with Gasteiger partial charge in [0.25, 0.3) is 12.9 Å². The summed E-state index contributed by atoms with van der Waals surface area (Å²) < 4.78 is 71.2. The number of hydrogen-bond acceptors (Lipinski definition) is 12. The molecule has 20 nitrogen and oxygen atoms in total. The summed E-state index contributed by atoms with van der Waals surface area (Å²) in [5.74, 6) is 0. The quantitative estimate of drug-likeness (QED) is 0.0876. The zero-order chi connectivity index (χ0) is 25.1. The molecule has 1 aliphatic carbocycles. The van der Waals surface area contributed by atoms with Crippen molar-refractivity contribution in [3.63, 3.8) is 0 Å². The van der Waals surface area contributed by atoms with E-state index in [4.69, 9.17) is 39.1 Å². The first-order valence-corrected chi connectivity index (χ1v) is 13.5. The van der Waals surface area contributed by atoms with Crippen molar-refractivity contribution >= 4 is 44.2 Å².